The van der Waals surface area contributed by atoms with Crippen LogP contribution in [0.25, 0.3) is 21.7 Å². The first-order valence-electron chi connectivity index (χ1n) is 9.16. The maximum atomic E-state index is 12.8. The van der Waals surface area contributed by atoms with E-state index >= 15 is 0 Å². The molecule has 1 amide bonds. The Morgan fingerprint density at radius 2 is 1.83 bits per heavy atom. The summed E-state index contributed by atoms with van der Waals surface area (Å²) in [6.07, 6.45) is 0. The molecule has 0 aliphatic heterocycles. The first-order valence-corrected chi connectivity index (χ1v) is 9.98. The largest absolute Gasteiger partial charge is 0.465 e. The zero-order chi connectivity index (χ0) is 20.4. The van der Waals surface area contributed by atoms with Crippen LogP contribution in [-0.2, 0) is 11.3 Å². The van der Waals surface area contributed by atoms with Gasteiger partial charge in [-0.1, -0.05) is 24.3 Å². The fourth-order valence-electron chi connectivity index (χ4n) is 3.23. The Bertz CT molecular complexity index is 1210. The molecule has 0 unspecified atom stereocenters. The molecule has 0 saturated carbocycles. The summed E-state index contributed by atoms with van der Waals surface area (Å²) in [6.45, 7) is 2.85. The number of aryl methyl sites for hydroxylation is 1. The van der Waals surface area contributed by atoms with Crippen LogP contribution >= 0.6 is 11.3 Å². The average molecular weight is 405 g/mol. The van der Waals surface area contributed by atoms with Crippen molar-refractivity contribution in [3.05, 3.63) is 71.1 Å². The van der Waals surface area contributed by atoms with Gasteiger partial charge in [-0.25, -0.2) is 9.78 Å². The smallest absolute Gasteiger partial charge is 0.339 e. The number of esters is 1. The predicted octanol–water partition coefficient (Wildman–Crippen LogP) is 4.82. The zero-order valence-corrected chi connectivity index (χ0v) is 16.8. The average Bonchev–Trinajstić information content (AvgIpc) is 3.38. The number of benzene rings is 2. The van der Waals surface area contributed by atoms with E-state index in [9.17, 15) is 9.59 Å². The Morgan fingerprint density at radius 3 is 2.62 bits per heavy atom. The number of para-hydroxylation sites is 3. The molecule has 4 rings (SSSR count). The second kappa shape index (κ2) is 7.89. The number of fused-ring (bicyclic) bond motifs is 1. The molecular weight excluding hydrogens is 386 g/mol. The van der Waals surface area contributed by atoms with Crippen molar-refractivity contribution in [1.29, 1.82) is 0 Å². The highest BCUT2D eigenvalue weighted by Gasteiger charge is 2.18. The SMILES string of the molecule is CCn1c(-c2ccc(C(=O)Nc3ccccc3C(=O)OC)s2)nc2ccccc21. The van der Waals surface area contributed by atoms with Gasteiger partial charge in [0.1, 0.15) is 0 Å². The van der Waals surface area contributed by atoms with Gasteiger partial charge in [0.05, 0.1) is 39.1 Å². The number of anilines is 1. The number of methoxy groups -OCH3 is 1. The monoisotopic (exact) mass is 405 g/mol. The summed E-state index contributed by atoms with van der Waals surface area (Å²) < 4.78 is 6.92. The van der Waals surface area contributed by atoms with Crippen LogP contribution in [0.15, 0.2) is 60.7 Å². The van der Waals surface area contributed by atoms with Crippen LogP contribution in [0.2, 0.25) is 0 Å². The Balaban J connectivity index is 1.64. The predicted molar refractivity (Wildman–Crippen MR) is 114 cm³/mol. The number of hydrogen-bond donors (Lipinski definition) is 1. The quantitative estimate of drug-likeness (QED) is 0.483. The van der Waals surface area contributed by atoms with Crippen molar-refractivity contribution in [1.82, 2.24) is 9.55 Å². The molecule has 0 atom stereocenters. The molecular formula is C22H19N3O3S. The van der Waals surface area contributed by atoms with E-state index in [1.54, 1.807) is 30.3 Å². The van der Waals surface area contributed by atoms with Gasteiger partial charge in [0, 0.05) is 6.54 Å². The highest BCUT2D eigenvalue weighted by atomic mass is 32.1. The molecule has 2 heterocycles. The summed E-state index contributed by atoms with van der Waals surface area (Å²) in [7, 11) is 1.31. The van der Waals surface area contributed by atoms with E-state index in [1.165, 1.54) is 18.4 Å². The van der Waals surface area contributed by atoms with Gasteiger partial charge in [-0.3, -0.25) is 4.79 Å². The van der Waals surface area contributed by atoms with Crippen LogP contribution in [-0.4, -0.2) is 28.5 Å². The molecule has 7 heteroatoms. The second-order valence-corrected chi connectivity index (χ2v) is 7.41. The van der Waals surface area contributed by atoms with Gasteiger partial charge in [-0.2, -0.15) is 0 Å². The molecule has 2 aromatic heterocycles. The summed E-state index contributed by atoms with van der Waals surface area (Å²) in [6, 6.07) is 18.4. The van der Waals surface area contributed by atoms with E-state index in [-0.39, 0.29) is 5.91 Å². The summed E-state index contributed by atoms with van der Waals surface area (Å²) in [5.74, 6) is 0.0638. The van der Waals surface area contributed by atoms with E-state index in [0.717, 1.165) is 28.3 Å². The number of hydrogen-bond acceptors (Lipinski definition) is 5. The third-order valence-electron chi connectivity index (χ3n) is 4.60. The van der Waals surface area contributed by atoms with Gasteiger partial charge in [0.15, 0.2) is 5.82 Å². The van der Waals surface area contributed by atoms with E-state index in [1.807, 2.05) is 30.3 Å². The number of imidazole rings is 1. The number of amides is 1. The van der Waals surface area contributed by atoms with Crippen molar-refractivity contribution < 1.29 is 14.3 Å². The molecule has 146 valence electrons. The number of nitrogens with zero attached hydrogens (tertiary/aromatic N) is 2. The van der Waals surface area contributed by atoms with E-state index in [2.05, 4.69) is 16.8 Å². The van der Waals surface area contributed by atoms with Crippen LogP contribution in [0.5, 0.6) is 0 Å². The minimum atomic E-state index is -0.496. The van der Waals surface area contributed by atoms with Gasteiger partial charge in [0.25, 0.3) is 5.91 Å². The molecule has 0 saturated heterocycles. The molecule has 0 spiro atoms. The minimum absolute atomic E-state index is 0.281. The Hall–Kier alpha value is -3.45. The summed E-state index contributed by atoms with van der Waals surface area (Å²) in [4.78, 5) is 30.9. The molecule has 2 aromatic carbocycles. The highest BCUT2D eigenvalue weighted by molar-refractivity contribution is 7.17. The maximum Gasteiger partial charge on any atom is 0.339 e. The lowest BCUT2D eigenvalue weighted by Crippen LogP contribution is -2.14. The molecule has 0 fully saturated rings. The maximum absolute atomic E-state index is 12.8. The Labute approximate surface area is 171 Å². The molecule has 0 bridgehead atoms. The van der Waals surface area contributed by atoms with Crippen molar-refractivity contribution in [2.75, 3.05) is 12.4 Å². The van der Waals surface area contributed by atoms with Crippen LogP contribution in [0.3, 0.4) is 0 Å². The van der Waals surface area contributed by atoms with Crippen molar-refractivity contribution in [3.8, 4) is 10.7 Å². The summed E-state index contributed by atoms with van der Waals surface area (Å²) >= 11 is 1.37. The molecule has 4 aromatic rings. The van der Waals surface area contributed by atoms with E-state index < -0.39 is 5.97 Å². The number of nitrogens with one attached hydrogen (secondary N) is 1. The molecule has 29 heavy (non-hydrogen) atoms. The number of aromatic nitrogens is 2. The third kappa shape index (κ3) is 3.52. The summed E-state index contributed by atoms with van der Waals surface area (Å²) in [5.41, 5.74) is 2.72. The number of rotatable bonds is 5. The Morgan fingerprint density at radius 1 is 1.07 bits per heavy atom. The number of thiophene rings is 1. The molecule has 0 radical (unpaired) electrons. The highest BCUT2D eigenvalue weighted by Crippen LogP contribution is 2.31. The van der Waals surface area contributed by atoms with E-state index in [0.29, 0.717) is 16.1 Å². The minimum Gasteiger partial charge on any atom is -0.465 e. The molecule has 0 aliphatic carbocycles. The number of carbonyl (C=O) groups excluding carboxylic acids is 2. The lowest BCUT2D eigenvalue weighted by molar-refractivity contribution is 0.0602. The van der Waals surface area contributed by atoms with Crippen LogP contribution < -0.4 is 5.32 Å². The first kappa shape index (κ1) is 18.9. The Kier molecular flexibility index (Phi) is 5.14. The lowest BCUT2D eigenvalue weighted by Gasteiger charge is -2.08. The number of carbonyl (C=O) groups is 2. The van der Waals surface area contributed by atoms with Gasteiger partial charge in [-0.05, 0) is 43.3 Å². The third-order valence-corrected chi connectivity index (χ3v) is 5.68. The van der Waals surface area contributed by atoms with Crippen LogP contribution in [0.4, 0.5) is 5.69 Å². The van der Waals surface area contributed by atoms with Crippen molar-refractivity contribution >= 4 is 39.9 Å². The van der Waals surface area contributed by atoms with Crippen LogP contribution in [0.1, 0.15) is 27.0 Å². The van der Waals surface area contributed by atoms with Gasteiger partial charge in [-0.15, -0.1) is 11.3 Å². The molecule has 0 aliphatic rings. The summed E-state index contributed by atoms with van der Waals surface area (Å²) in [5, 5.41) is 2.81. The fraction of sp³-hybridized carbons (Fsp3) is 0.136. The topological polar surface area (TPSA) is 73.2 Å². The van der Waals surface area contributed by atoms with Gasteiger partial charge < -0.3 is 14.6 Å². The first-order chi connectivity index (χ1) is 14.1. The van der Waals surface area contributed by atoms with Crippen molar-refractivity contribution in [2.24, 2.45) is 0 Å². The van der Waals surface area contributed by atoms with Gasteiger partial charge >= 0.3 is 5.97 Å². The zero-order valence-electron chi connectivity index (χ0n) is 16.0. The lowest BCUT2D eigenvalue weighted by atomic mass is 10.2. The second-order valence-electron chi connectivity index (χ2n) is 6.32. The molecule has 6 nitrogen and oxygen atoms in total. The molecule has 1 N–H and O–H groups in total. The standard InChI is InChI=1S/C22H19N3O3S/c1-3-25-17-11-7-6-10-16(17)23-20(25)18-12-13-19(29-18)21(26)24-15-9-5-4-8-14(15)22(27)28-2/h4-13H,3H2,1-2H3,(H,24,26). The fourth-order valence-corrected chi connectivity index (χ4v) is 4.13. The van der Waals surface area contributed by atoms with Crippen molar-refractivity contribution in [2.45, 2.75) is 13.5 Å². The van der Waals surface area contributed by atoms with Gasteiger partial charge in [0.2, 0.25) is 0 Å². The normalized spacial score (nSPS) is 10.8. The van der Waals surface area contributed by atoms with E-state index in [4.69, 9.17) is 9.72 Å². The number of ether oxygens (including phenoxy) is 1. The van der Waals surface area contributed by atoms with Crippen LogP contribution in [0, 0.1) is 0 Å². The van der Waals surface area contributed by atoms with Crippen molar-refractivity contribution in [3.63, 3.8) is 0 Å².